The summed E-state index contributed by atoms with van der Waals surface area (Å²) in [7, 11) is 2.01. The second-order valence-corrected chi connectivity index (χ2v) is 6.01. The summed E-state index contributed by atoms with van der Waals surface area (Å²) in [4.78, 5) is 13.9. The van der Waals surface area contributed by atoms with Crippen molar-refractivity contribution in [3.8, 4) is 5.75 Å². The van der Waals surface area contributed by atoms with Crippen LogP contribution in [0.4, 0.5) is 0 Å². The third-order valence-electron chi connectivity index (χ3n) is 3.97. The quantitative estimate of drug-likeness (QED) is 0.928. The number of ether oxygens (including phenoxy) is 1. The summed E-state index contributed by atoms with van der Waals surface area (Å²) in [6.45, 7) is 3.40. The molecule has 0 bridgehead atoms. The van der Waals surface area contributed by atoms with Crippen molar-refractivity contribution in [3.05, 3.63) is 29.3 Å². The van der Waals surface area contributed by atoms with Crippen LogP contribution in [0, 0.1) is 5.92 Å². The normalized spacial score (nSPS) is 23.1. The third-order valence-corrected chi connectivity index (χ3v) is 4.22. The van der Waals surface area contributed by atoms with Crippen LogP contribution in [0.2, 0.25) is 5.02 Å². The van der Waals surface area contributed by atoms with Gasteiger partial charge in [-0.3, -0.25) is 0 Å². The second-order valence-electron chi connectivity index (χ2n) is 5.57. The van der Waals surface area contributed by atoms with Gasteiger partial charge < -0.3 is 14.7 Å². The molecule has 5 heteroatoms. The first-order valence-corrected chi connectivity index (χ1v) is 7.16. The fourth-order valence-corrected chi connectivity index (χ4v) is 2.79. The first-order chi connectivity index (χ1) is 9.41. The van der Waals surface area contributed by atoms with Crippen molar-refractivity contribution in [2.24, 2.45) is 5.92 Å². The molecule has 1 aromatic rings. The highest BCUT2D eigenvalue weighted by Gasteiger charge is 2.45. The maximum Gasteiger partial charge on any atom is 0.348 e. The number of hydrogen-bond acceptors (Lipinski definition) is 3. The molecule has 0 aromatic heterocycles. The lowest BCUT2D eigenvalue weighted by Gasteiger charge is -2.39. The highest BCUT2D eigenvalue weighted by atomic mass is 35.5. The summed E-state index contributed by atoms with van der Waals surface area (Å²) in [5.74, 6) is -0.422. The summed E-state index contributed by atoms with van der Waals surface area (Å²) in [5.41, 5.74) is -1.22. The lowest BCUT2D eigenvalue weighted by molar-refractivity contribution is -0.160. The lowest BCUT2D eigenvalue weighted by atomic mass is 9.82. The molecule has 0 amide bonds. The summed E-state index contributed by atoms with van der Waals surface area (Å²) in [5, 5.41) is 10.2. The molecule has 0 radical (unpaired) electrons. The van der Waals surface area contributed by atoms with Gasteiger partial charge in [-0.15, -0.1) is 0 Å². The molecule has 1 fully saturated rings. The fourth-order valence-electron chi connectivity index (χ4n) is 2.67. The smallest absolute Gasteiger partial charge is 0.348 e. The van der Waals surface area contributed by atoms with Crippen LogP contribution in [0.15, 0.2) is 24.3 Å². The van der Waals surface area contributed by atoms with Crippen LogP contribution in [0.3, 0.4) is 0 Å². The minimum atomic E-state index is -1.22. The number of nitrogens with zero attached hydrogens (tertiary/aromatic N) is 1. The minimum Gasteiger partial charge on any atom is -0.478 e. The van der Waals surface area contributed by atoms with E-state index in [1.807, 2.05) is 7.05 Å². The lowest BCUT2D eigenvalue weighted by Crippen LogP contribution is -2.53. The van der Waals surface area contributed by atoms with Crippen LogP contribution < -0.4 is 4.74 Å². The van der Waals surface area contributed by atoms with E-state index in [-0.39, 0.29) is 5.92 Å². The van der Waals surface area contributed by atoms with E-state index in [9.17, 15) is 9.90 Å². The van der Waals surface area contributed by atoms with Gasteiger partial charge in [0.25, 0.3) is 0 Å². The Bertz CT molecular complexity index is 477. The van der Waals surface area contributed by atoms with Crippen molar-refractivity contribution in [2.45, 2.75) is 25.4 Å². The molecule has 0 spiro atoms. The average Bonchev–Trinajstić information content (AvgIpc) is 2.41. The average molecular weight is 298 g/mol. The van der Waals surface area contributed by atoms with E-state index in [0.29, 0.717) is 10.8 Å². The molecule has 1 saturated heterocycles. The zero-order valence-corrected chi connectivity index (χ0v) is 12.6. The maximum absolute atomic E-state index is 11.7. The molecule has 2 rings (SSSR count). The van der Waals surface area contributed by atoms with Crippen LogP contribution in [0.25, 0.3) is 0 Å². The molecular weight excluding hydrogens is 278 g/mol. The largest absolute Gasteiger partial charge is 0.478 e. The third kappa shape index (κ3) is 3.25. The summed E-state index contributed by atoms with van der Waals surface area (Å²) >= 11 is 5.83. The highest BCUT2D eigenvalue weighted by Crippen LogP contribution is 2.32. The summed E-state index contributed by atoms with van der Waals surface area (Å²) < 4.78 is 5.82. The summed E-state index contributed by atoms with van der Waals surface area (Å²) in [6.07, 6.45) is 1.86. The van der Waals surface area contributed by atoms with Crippen LogP contribution in [0.5, 0.6) is 5.75 Å². The fraction of sp³-hybridized carbons (Fsp3) is 0.533. The van der Waals surface area contributed by atoms with E-state index in [2.05, 4.69) is 4.90 Å². The Kier molecular flexibility index (Phi) is 4.55. The first-order valence-electron chi connectivity index (χ1n) is 6.78. The van der Waals surface area contributed by atoms with E-state index >= 15 is 0 Å². The number of carbonyl (C=O) groups is 1. The monoisotopic (exact) mass is 297 g/mol. The van der Waals surface area contributed by atoms with Gasteiger partial charge in [-0.25, -0.2) is 4.79 Å². The Morgan fingerprint density at radius 1 is 1.45 bits per heavy atom. The van der Waals surface area contributed by atoms with E-state index < -0.39 is 11.6 Å². The van der Waals surface area contributed by atoms with Gasteiger partial charge >= 0.3 is 5.97 Å². The molecule has 0 aliphatic carbocycles. The predicted molar refractivity (Wildman–Crippen MR) is 78.3 cm³/mol. The molecule has 20 heavy (non-hydrogen) atoms. The maximum atomic E-state index is 11.7. The molecule has 1 heterocycles. The number of halogens is 1. The first kappa shape index (κ1) is 15.1. The Morgan fingerprint density at radius 3 is 2.65 bits per heavy atom. The van der Waals surface area contributed by atoms with Crippen molar-refractivity contribution >= 4 is 17.6 Å². The Hall–Kier alpha value is -1.26. The van der Waals surface area contributed by atoms with Gasteiger partial charge in [0, 0.05) is 17.5 Å². The number of benzene rings is 1. The Morgan fingerprint density at radius 2 is 2.10 bits per heavy atom. The molecule has 1 aliphatic rings. The number of carboxylic acids is 1. The number of carboxylic acid groups (broad SMARTS) is 1. The highest BCUT2D eigenvalue weighted by molar-refractivity contribution is 6.30. The molecule has 1 N–H and O–H groups in total. The van der Waals surface area contributed by atoms with E-state index in [0.717, 1.165) is 25.9 Å². The van der Waals surface area contributed by atoms with Crippen molar-refractivity contribution in [2.75, 3.05) is 20.1 Å². The molecule has 4 nitrogen and oxygen atoms in total. The van der Waals surface area contributed by atoms with Crippen LogP contribution in [-0.4, -0.2) is 41.7 Å². The number of likely N-dealkylation sites (tertiary alicyclic amines) is 1. The Balaban J connectivity index is 2.20. The van der Waals surface area contributed by atoms with Crippen LogP contribution >= 0.6 is 11.6 Å². The van der Waals surface area contributed by atoms with Crippen molar-refractivity contribution < 1.29 is 14.6 Å². The van der Waals surface area contributed by atoms with Gasteiger partial charge in [0.2, 0.25) is 5.60 Å². The second kappa shape index (κ2) is 6.02. The van der Waals surface area contributed by atoms with Crippen LogP contribution in [0.1, 0.15) is 19.8 Å². The van der Waals surface area contributed by atoms with Gasteiger partial charge in [0.05, 0.1) is 0 Å². The molecule has 0 unspecified atom stereocenters. The molecule has 1 aromatic carbocycles. The topological polar surface area (TPSA) is 49.8 Å². The minimum absolute atomic E-state index is 0.0329. The van der Waals surface area contributed by atoms with Gasteiger partial charge in [-0.05, 0) is 57.6 Å². The van der Waals surface area contributed by atoms with E-state index in [4.69, 9.17) is 16.3 Å². The number of hydrogen-bond donors (Lipinski definition) is 1. The molecular formula is C15H20ClNO3. The standard InChI is InChI=1S/C15H20ClNO3/c1-15(14(18)19,11-4-3-9-17(2)10-11)20-13-7-5-12(16)6-8-13/h5-8,11H,3-4,9-10H2,1-2H3,(H,18,19)/t11-,15+/m1/s1. The van der Waals surface area contributed by atoms with E-state index in [1.54, 1.807) is 31.2 Å². The van der Waals surface area contributed by atoms with Gasteiger partial charge in [0.15, 0.2) is 0 Å². The summed E-state index contributed by atoms with van der Waals surface area (Å²) in [6, 6.07) is 6.81. The van der Waals surface area contributed by atoms with Crippen molar-refractivity contribution in [1.29, 1.82) is 0 Å². The van der Waals surface area contributed by atoms with Crippen LogP contribution in [-0.2, 0) is 4.79 Å². The molecule has 2 atom stereocenters. The van der Waals surface area contributed by atoms with Crippen molar-refractivity contribution in [1.82, 2.24) is 4.90 Å². The van der Waals surface area contributed by atoms with Gasteiger partial charge in [-0.1, -0.05) is 11.6 Å². The number of rotatable bonds is 4. The SMILES string of the molecule is CN1CCC[C@@H]([C@](C)(Oc2ccc(Cl)cc2)C(=O)O)C1. The number of aliphatic carboxylic acids is 1. The van der Waals surface area contributed by atoms with Crippen molar-refractivity contribution in [3.63, 3.8) is 0 Å². The zero-order chi connectivity index (χ0) is 14.8. The Labute approximate surface area is 124 Å². The molecule has 110 valence electrons. The molecule has 1 aliphatic heterocycles. The van der Waals surface area contributed by atoms with Gasteiger partial charge in [0.1, 0.15) is 5.75 Å². The number of piperidine rings is 1. The zero-order valence-electron chi connectivity index (χ0n) is 11.8. The van der Waals surface area contributed by atoms with E-state index in [1.165, 1.54) is 0 Å². The van der Waals surface area contributed by atoms with Gasteiger partial charge in [-0.2, -0.15) is 0 Å². The predicted octanol–water partition coefficient (Wildman–Crippen LogP) is 2.90. The molecule has 0 saturated carbocycles.